The largest absolute Gasteiger partial charge is 0.491 e. The summed E-state index contributed by atoms with van der Waals surface area (Å²) in [6.45, 7) is 5.29. The Morgan fingerprint density at radius 2 is 2.26 bits per heavy atom. The maximum absolute atomic E-state index is 9.67. The Balaban J connectivity index is 1.79. The summed E-state index contributed by atoms with van der Waals surface area (Å²) in [7, 11) is 0. The fourth-order valence-electron chi connectivity index (χ4n) is 2.39. The van der Waals surface area contributed by atoms with Crippen molar-refractivity contribution in [1.29, 1.82) is 5.26 Å². The summed E-state index contributed by atoms with van der Waals surface area (Å²) in [5.74, 6) is 0.968. The second kappa shape index (κ2) is 6.55. The van der Waals surface area contributed by atoms with Crippen molar-refractivity contribution in [2.45, 2.75) is 19.4 Å². The summed E-state index contributed by atoms with van der Waals surface area (Å²) in [5, 5.41) is 18.6. The molecule has 4 heteroatoms. The minimum Gasteiger partial charge on any atom is -0.491 e. The van der Waals surface area contributed by atoms with Crippen LogP contribution in [-0.4, -0.2) is 42.4 Å². The number of hydrogen-bond acceptors (Lipinski definition) is 4. The lowest BCUT2D eigenvalue weighted by Gasteiger charge is -2.34. The molecule has 1 saturated heterocycles. The first-order valence-corrected chi connectivity index (χ1v) is 6.73. The molecule has 1 heterocycles. The van der Waals surface area contributed by atoms with Crippen LogP contribution in [0.3, 0.4) is 0 Å². The highest BCUT2D eigenvalue weighted by Crippen LogP contribution is 2.18. The number of para-hydroxylation sites is 1. The number of likely N-dealkylation sites (tertiary alicyclic amines) is 1. The lowest BCUT2D eigenvalue weighted by Crippen LogP contribution is -2.43. The monoisotopic (exact) mass is 260 g/mol. The molecule has 0 aliphatic carbocycles. The average molecular weight is 260 g/mol. The van der Waals surface area contributed by atoms with Gasteiger partial charge in [0.25, 0.3) is 0 Å². The number of ether oxygens (including phenoxy) is 1. The lowest BCUT2D eigenvalue weighted by atomic mass is 9.97. The third-order valence-corrected chi connectivity index (χ3v) is 3.62. The molecule has 4 nitrogen and oxygen atoms in total. The highest BCUT2D eigenvalue weighted by Gasteiger charge is 2.23. The smallest absolute Gasteiger partial charge is 0.137 e. The number of hydrogen-bond donors (Lipinski definition) is 1. The van der Waals surface area contributed by atoms with Gasteiger partial charge in [0.15, 0.2) is 0 Å². The maximum atomic E-state index is 9.67. The van der Waals surface area contributed by atoms with Crippen molar-refractivity contribution in [3.63, 3.8) is 0 Å². The number of aliphatic hydroxyl groups excluding tert-OH is 1. The first-order chi connectivity index (χ1) is 9.20. The van der Waals surface area contributed by atoms with Gasteiger partial charge in [0.1, 0.15) is 18.4 Å². The van der Waals surface area contributed by atoms with Crippen LogP contribution in [0.2, 0.25) is 0 Å². The number of piperidine rings is 1. The molecule has 1 N–H and O–H groups in total. The summed E-state index contributed by atoms with van der Waals surface area (Å²) < 4.78 is 5.67. The zero-order chi connectivity index (χ0) is 13.7. The summed E-state index contributed by atoms with van der Waals surface area (Å²) in [6, 6.07) is 9.41. The molecule has 0 saturated carbocycles. The Hall–Kier alpha value is -1.57. The molecule has 102 valence electrons. The van der Waals surface area contributed by atoms with Gasteiger partial charge in [0.05, 0.1) is 11.7 Å². The number of nitriles is 1. The molecule has 0 spiro atoms. The van der Waals surface area contributed by atoms with Gasteiger partial charge in [-0.05, 0) is 24.5 Å². The van der Waals surface area contributed by atoms with Crippen molar-refractivity contribution in [3.8, 4) is 11.8 Å². The zero-order valence-corrected chi connectivity index (χ0v) is 11.2. The molecule has 0 bridgehead atoms. The highest BCUT2D eigenvalue weighted by molar-refractivity contribution is 5.42. The van der Waals surface area contributed by atoms with Gasteiger partial charge in [-0.1, -0.05) is 19.1 Å². The van der Waals surface area contributed by atoms with E-state index in [2.05, 4.69) is 17.9 Å². The van der Waals surface area contributed by atoms with Gasteiger partial charge in [-0.15, -0.1) is 0 Å². The van der Waals surface area contributed by atoms with Crippen LogP contribution in [0.5, 0.6) is 5.75 Å². The van der Waals surface area contributed by atoms with E-state index in [-0.39, 0.29) is 6.10 Å². The normalized spacial score (nSPS) is 23.8. The van der Waals surface area contributed by atoms with Gasteiger partial charge in [0, 0.05) is 19.6 Å². The quantitative estimate of drug-likeness (QED) is 0.894. The van der Waals surface area contributed by atoms with E-state index < -0.39 is 0 Å². The topological polar surface area (TPSA) is 56.5 Å². The van der Waals surface area contributed by atoms with E-state index in [1.165, 1.54) is 0 Å². The zero-order valence-electron chi connectivity index (χ0n) is 11.2. The Bertz CT molecular complexity index is 456. The lowest BCUT2D eigenvalue weighted by molar-refractivity contribution is 0.0304. The number of aliphatic hydroxyl groups is 1. The minimum atomic E-state index is -0.170. The van der Waals surface area contributed by atoms with Crippen LogP contribution in [0.1, 0.15) is 18.9 Å². The molecule has 1 fully saturated rings. The van der Waals surface area contributed by atoms with E-state index in [1.807, 2.05) is 18.2 Å². The molecule has 1 aromatic rings. The molecule has 2 unspecified atom stereocenters. The van der Waals surface area contributed by atoms with Crippen LogP contribution < -0.4 is 4.74 Å². The summed E-state index contributed by atoms with van der Waals surface area (Å²) in [6.07, 6.45) is 0.659. The molecule has 19 heavy (non-hydrogen) atoms. The van der Waals surface area contributed by atoms with Crippen LogP contribution in [-0.2, 0) is 0 Å². The molecule has 1 aromatic carbocycles. The third-order valence-electron chi connectivity index (χ3n) is 3.62. The number of benzene rings is 1. The van der Waals surface area contributed by atoms with E-state index in [0.717, 1.165) is 26.1 Å². The highest BCUT2D eigenvalue weighted by atomic mass is 16.5. The van der Waals surface area contributed by atoms with Crippen molar-refractivity contribution in [2.24, 2.45) is 5.92 Å². The van der Waals surface area contributed by atoms with Crippen molar-refractivity contribution in [3.05, 3.63) is 29.8 Å². The van der Waals surface area contributed by atoms with Gasteiger partial charge >= 0.3 is 0 Å². The molecular weight excluding hydrogens is 240 g/mol. The maximum Gasteiger partial charge on any atom is 0.137 e. The Morgan fingerprint density at radius 1 is 1.47 bits per heavy atom. The van der Waals surface area contributed by atoms with Crippen LogP contribution in [0.15, 0.2) is 24.3 Å². The molecule has 1 aliphatic heterocycles. The molecule has 0 radical (unpaired) electrons. The Labute approximate surface area is 114 Å². The Morgan fingerprint density at radius 3 is 3.00 bits per heavy atom. The third kappa shape index (κ3) is 3.69. The first kappa shape index (κ1) is 13.9. The van der Waals surface area contributed by atoms with Crippen molar-refractivity contribution in [2.75, 3.05) is 26.2 Å². The van der Waals surface area contributed by atoms with Gasteiger partial charge in [-0.3, -0.25) is 4.90 Å². The van der Waals surface area contributed by atoms with Gasteiger partial charge in [-0.2, -0.15) is 5.26 Å². The standard InChI is InChI=1S/C15H20N2O2/c1-12-11-17(7-6-14(12)18)8-9-19-15-5-3-2-4-13(15)10-16/h2-5,12,14,18H,6-9,11H2,1H3. The van der Waals surface area contributed by atoms with Crippen LogP contribution in [0.25, 0.3) is 0 Å². The van der Waals surface area contributed by atoms with E-state index in [1.54, 1.807) is 6.07 Å². The van der Waals surface area contributed by atoms with E-state index in [9.17, 15) is 5.11 Å². The number of nitrogens with zero attached hydrogens (tertiary/aromatic N) is 2. The first-order valence-electron chi connectivity index (χ1n) is 6.73. The molecule has 2 atom stereocenters. The Kier molecular flexibility index (Phi) is 4.78. The second-order valence-corrected chi connectivity index (χ2v) is 5.09. The SMILES string of the molecule is CC1CN(CCOc2ccccc2C#N)CCC1O. The van der Waals surface area contributed by atoms with Crippen LogP contribution in [0, 0.1) is 17.2 Å². The fraction of sp³-hybridized carbons (Fsp3) is 0.533. The average Bonchev–Trinajstić information content (AvgIpc) is 2.43. The van der Waals surface area contributed by atoms with E-state index >= 15 is 0 Å². The fourth-order valence-corrected chi connectivity index (χ4v) is 2.39. The predicted molar refractivity (Wildman–Crippen MR) is 72.9 cm³/mol. The van der Waals surface area contributed by atoms with E-state index in [4.69, 9.17) is 10.00 Å². The van der Waals surface area contributed by atoms with Gasteiger partial charge in [-0.25, -0.2) is 0 Å². The predicted octanol–water partition coefficient (Wildman–Crippen LogP) is 1.64. The van der Waals surface area contributed by atoms with Crippen molar-refractivity contribution in [1.82, 2.24) is 4.90 Å². The van der Waals surface area contributed by atoms with Gasteiger partial charge < -0.3 is 9.84 Å². The molecule has 1 aliphatic rings. The van der Waals surface area contributed by atoms with Crippen LogP contribution >= 0.6 is 0 Å². The summed E-state index contributed by atoms with van der Waals surface area (Å²) in [4.78, 5) is 2.30. The second-order valence-electron chi connectivity index (χ2n) is 5.09. The molecule has 2 rings (SSSR count). The summed E-state index contributed by atoms with van der Waals surface area (Å²) in [5.41, 5.74) is 0.574. The van der Waals surface area contributed by atoms with Gasteiger partial charge in [0.2, 0.25) is 0 Å². The minimum absolute atomic E-state index is 0.170. The van der Waals surface area contributed by atoms with Crippen molar-refractivity contribution >= 4 is 0 Å². The summed E-state index contributed by atoms with van der Waals surface area (Å²) >= 11 is 0. The molecular formula is C15H20N2O2. The molecule has 0 amide bonds. The van der Waals surface area contributed by atoms with Crippen molar-refractivity contribution < 1.29 is 9.84 Å². The number of rotatable bonds is 4. The van der Waals surface area contributed by atoms with E-state index in [0.29, 0.717) is 23.8 Å². The van der Waals surface area contributed by atoms with Crippen LogP contribution in [0.4, 0.5) is 0 Å². The molecule has 0 aromatic heterocycles.